The summed E-state index contributed by atoms with van der Waals surface area (Å²) in [6, 6.07) is 4.64. The Hall–Kier alpha value is -1.91. The van der Waals surface area contributed by atoms with E-state index < -0.39 is 5.97 Å². The minimum Gasteiger partial charge on any atom is -0.497 e. The van der Waals surface area contributed by atoms with Crippen LogP contribution in [0.3, 0.4) is 0 Å². The van der Waals surface area contributed by atoms with Gasteiger partial charge < -0.3 is 9.47 Å². The molecule has 0 unspecified atom stereocenters. The molecule has 1 N–H and O–H groups in total. The highest BCUT2D eigenvalue weighted by molar-refractivity contribution is 5.95. The number of hydrogen-bond donors (Lipinski definition) is 1. The van der Waals surface area contributed by atoms with Gasteiger partial charge >= 0.3 is 5.97 Å². The van der Waals surface area contributed by atoms with Gasteiger partial charge in [0, 0.05) is 0 Å². The van der Waals surface area contributed by atoms with Crippen LogP contribution in [0.1, 0.15) is 10.4 Å². The second-order valence-corrected chi connectivity index (χ2v) is 2.49. The molecule has 74 valence electrons. The Bertz CT molecular complexity index is 363. The fraction of sp³-hybridized carbons (Fsp3) is 0.222. The minimum atomic E-state index is -0.532. The van der Waals surface area contributed by atoms with Crippen molar-refractivity contribution in [1.29, 1.82) is 5.53 Å². The molecule has 0 bridgehead atoms. The van der Waals surface area contributed by atoms with Crippen LogP contribution in [0.5, 0.6) is 5.75 Å². The van der Waals surface area contributed by atoms with Crippen LogP contribution in [-0.2, 0) is 4.74 Å². The number of nitrogens with one attached hydrogen (secondary N) is 1. The molecule has 0 aliphatic carbocycles. The lowest BCUT2D eigenvalue weighted by Crippen LogP contribution is -2.01. The number of rotatable bonds is 3. The number of carbonyl (C=O) groups excluding carboxylic acids is 1. The third-order valence-electron chi connectivity index (χ3n) is 1.73. The van der Waals surface area contributed by atoms with Gasteiger partial charge in [-0.05, 0) is 18.2 Å². The molecule has 0 atom stereocenters. The summed E-state index contributed by atoms with van der Waals surface area (Å²) in [5, 5.41) is 3.21. The Balaban J connectivity index is 3.21. The van der Waals surface area contributed by atoms with Gasteiger partial charge in [0.1, 0.15) is 5.75 Å². The molecule has 0 amide bonds. The zero-order valence-corrected chi connectivity index (χ0v) is 7.90. The van der Waals surface area contributed by atoms with E-state index in [1.807, 2.05) is 0 Å². The number of ether oxygens (including phenoxy) is 2. The molecule has 0 fully saturated rings. The molecule has 14 heavy (non-hydrogen) atoms. The van der Waals surface area contributed by atoms with Crippen LogP contribution in [0.4, 0.5) is 5.69 Å². The van der Waals surface area contributed by atoms with E-state index in [0.717, 1.165) is 0 Å². The predicted molar refractivity (Wildman–Crippen MR) is 49.1 cm³/mol. The highest BCUT2D eigenvalue weighted by Crippen LogP contribution is 2.24. The normalized spacial score (nSPS) is 9.29. The fourth-order valence-corrected chi connectivity index (χ4v) is 1.01. The Morgan fingerprint density at radius 3 is 2.64 bits per heavy atom. The second kappa shape index (κ2) is 4.36. The first kappa shape index (κ1) is 10.2. The average molecular weight is 194 g/mol. The topological polar surface area (TPSA) is 71.7 Å². The van der Waals surface area contributed by atoms with Crippen molar-refractivity contribution in [2.24, 2.45) is 5.11 Å². The first-order chi connectivity index (χ1) is 6.72. The van der Waals surface area contributed by atoms with Gasteiger partial charge in [-0.15, -0.1) is 0 Å². The first-order valence-corrected chi connectivity index (χ1v) is 3.86. The van der Waals surface area contributed by atoms with Crippen molar-refractivity contribution in [1.82, 2.24) is 0 Å². The summed E-state index contributed by atoms with van der Waals surface area (Å²) >= 11 is 0. The molecule has 5 nitrogen and oxygen atoms in total. The Kier molecular flexibility index (Phi) is 3.17. The SMILES string of the molecule is COC(=O)c1cc(OC)ccc1N=N. The highest BCUT2D eigenvalue weighted by atomic mass is 16.5. The van der Waals surface area contributed by atoms with E-state index in [2.05, 4.69) is 9.85 Å². The molecule has 0 aliphatic heterocycles. The Morgan fingerprint density at radius 2 is 2.14 bits per heavy atom. The van der Waals surface area contributed by atoms with Gasteiger partial charge in [0.05, 0.1) is 25.5 Å². The largest absolute Gasteiger partial charge is 0.497 e. The Labute approximate surface area is 81.2 Å². The van der Waals surface area contributed by atoms with E-state index in [9.17, 15) is 4.79 Å². The smallest absolute Gasteiger partial charge is 0.340 e. The van der Waals surface area contributed by atoms with Crippen LogP contribution in [0.25, 0.3) is 0 Å². The van der Waals surface area contributed by atoms with Gasteiger partial charge in [-0.1, -0.05) is 0 Å². The molecule has 1 aromatic carbocycles. The summed E-state index contributed by atoms with van der Waals surface area (Å²) in [7, 11) is 2.77. The summed E-state index contributed by atoms with van der Waals surface area (Å²) in [5.41, 5.74) is 7.34. The van der Waals surface area contributed by atoms with Gasteiger partial charge in [0.15, 0.2) is 0 Å². The summed E-state index contributed by atoms with van der Waals surface area (Å²) in [4.78, 5) is 11.2. The summed E-state index contributed by atoms with van der Waals surface area (Å²) in [5.74, 6) is -0.00676. The van der Waals surface area contributed by atoms with Crippen LogP contribution in [-0.4, -0.2) is 20.2 Å². The van der Waals surface area contributed by atoms with Crippen LogP contribution in [0, 0.1) is 5.53 Å². The molecule has 1 rings (SSSR count). The molecule has 0 saturated carbocycles. The lowest BCUT2D eigenvalue weighted by molar-refractivity contribution is 0.0601. The van der Waals surface area contributed by atoms with Crippen molar-refractivity contribution in [2.45, 2.75) is 0 Å². The van der Waals surface area contributed by atoms with Crippen molar-refractivity contribution in [3.63, 3.8) is 0 Å². The van der Waals surface area contributed by atoms with E-state index in [4.69, 9.17) is 10.3 Å². The predicted octanol–water partition coefficient (Wildman–Crippen LogP) is 2.14. The molecule has 5 heteroatoms. The molecule has 0 radical (unpaired) electrons. The number of carbonyl (C=O) groups is 1. The molecular weight excluding hydrogens is 184 g/mol. The van der Waals surface area contributed by atoms with Crippen molar-refractivity contribution in [3.8, 4) is 5.75 Å². The van der Waals surface area contributed by atoms with Gasteiger partial charge in [0.25, 0.3) is 0 Å². The zero-order valence-electron chi connectivity index (χ0n) is 7.90. The highest BCUT2D eigenvalue weighted by Gasteiger charge is 2.12. The second-order valence-electron chi connectivity index (χ2n) is 2.49. The van der Waals surface area contributed by atoms with Gasteiger partial charge in [0.2, 0.25) is 0 Å². The molecule has 0 aliphatic rings. The maximum absolute atomic E-state index is 11.2. The van der Waals surface area contributed by atoms with E-state index in [0.29, 0.717) is 5.75 Å². The van der Waals surface area contributed by atoms with Crippen LogP contribution in [0.15, 0.2) is 23.3 Å². The Morgan fingerprint density at radius 1 is 1.43 bits per heavy atom. The molecular formula is C9H10N2O3. The van der Waals surface area contributed by atoms with E-state index >= 15 is 0 Å². The molecule has 1 aromatic rings. The van der Waals surface area contributed by atoms with Crippen molar-refractivity contribution < 1.29 is 14.3 Å². The maximum Gasteiger partial charge on any atom is 0.340 e. The van der Waals surface area contributed by atoms with E-state index in [-0.39, 0.29) is 11.3 Å². The monoisotopic (exact) mass is 194 g/mol. The van der Waals surface area contributed by atoms with E-state index in [1.165, 1.54) is 26.4 Å². The molecule has 0 heterocycles. The number of nitrogens with zero attached hydrogens (tertiary/aromatic N) is 1. The third kappa shape index (κ3) is 1.87. The lowest BCUT2D eigenvalue weighted by atomic mass is 10.2. The van der Waals surface area contributed by atoms with Gasteiger partial charge in [-0.2, -0.15) is 5.11 Å². The summed E-state index contributed by atoms with van der Waals surface area (Å²) in [6.45, 7) is 0. The molecule has 0 spiro atoms. The number of esters is 1. The third-order valence-corrected chi connectivity index (χ3v) is 1.73. The van der Waals surface area contributed by atoms with Crippen molar-refractivity contribution >= 4 is 11.7 Å². The van der Waals surface area contributed by atoms with Gasteiger partial charge in [-0.25, -0.2) is 10.3 Å². The van der Waals surface area contributed by atoms with Crippen LogP contribution in [0.2, 0.25) is 0 Å². The fourth-order valence-electron chi connectivity index (χ4n) is 1.01. The maximum atomic E-state index is 11.2. The van der Waals surface area contributed by atoms with E-state index in [1.54, 1.807) is 6.07 Å². The summed E-state index contributed by atoms with van der Waals surface area (Å²) < 4.78 is 9.48. The first-order valence-electron chi connectivity index (χ1n) is 3.86. The van der Waals surface area contributed by atoms with Crippen molar-refractivity contribution in [3.05, 3.63) is 23.8 Å². The van der Waals surface area contributed by atoms with Crippen molar-refractivity contribution in [2.75, 3.05) is 14.2 Å². The van der Waals surface area contributed by atoms with Crippen LogP contribution >= 0.6 is 0 Å². The van der Waals surface area contributed by atoms with Crippen LogP contribution < -0.4 is 4.74 Å². The summed E-state index contributed by atoms with van der Waals surface area (Å²) in [6.07, 6.45) is 0. The average Bonchev–Trinajstić information content (AvgIpc) is 2.27. The zero-order chi connectivity index (χ0) is 10.6. The molecule has 0 aromatic heterocycles. The standard InChI is InChI=1S/C9H10N2O3/c1-13-6-3-4-8(11-10)7(5-6)9(12)14-2/h3-5,10H,1-2H3. The number of methoxy groups -OCH3 is 2. The number of benzene rings is 1. The quantitative estimate of drug-likeness (QED) is 0.591. The molecule has 0 saturated heterocycles. The minimum absolute atomic E-state index is 0.224. The lowest BCUT2D eigenvalue weighted by Gasteiger charge is -2.04. The van der Waals surface area contributed by atoms with Gasteiger partial charge in [-0.3, -0.25) is 0 Å². The number of hydrogen-bond acceptors (Lipinski definition) is 5.